The average molecular weight is 532 g/mol. The first-order valence-electron chi connectivity index (χ1n) is 13.2. The molecule has 0 spiro atoms. The van der Waals surface area contributed by atoms with Crippen LogP contribution in [0.4, 0.5) is 4.39 Å². The maximum Gasteiger partial charge on any atom is 0.255 e. The second kappa shape index (κ2) is 9.43. The lowest BCUT2D eigenvalue weighted by molar-refractivity contribution is 0.0964. The van der Waals surface area contributed by atoms with Crippen molar-refractivity contribution in [3.63, 3.8) is 0 Å². The average Bonchev–Trinajstić information content (AvgIpc) is 3.45. The molecule has 0 saturated heterocycles. The third-order valence-electron chi connectivity index (χ3n) is 7.67. The molecule has 0 aliphatic heterocycles. The molecule has 3 aromatic carbocycles. The number of carbonyl (C=O) groups excluding carboxylic acids is 1. The van der Waals surface area contributed by atoms with E-state index < -0.39 is 0 Å². The fourth-order valence-corrected chi connectivity index (χ4v) is 5.43. The van der Waals surface area contributed by atoms with Crippen LogP contribution in [0.3, 0.4) is 0 Å². The lowest BCUT2D eigenvalue weighted by Gasteiger charge is -2.16. The summed E-state index contributed by atoms with van der Waals surface area (Å²) in [4.78, 5) is 25.5. The second-order valence-corrected chi connectivity index (χ2v) is 10.2. The Hall–Kier alpha value is -4.82. The van der Waals surface area contributed by atoms with E-state index >= 15 is 0 Å². The molecular formula is C32H26FN5O2. The molecule has 40 heavy (non-hydrogen) atoms. The quantitative estimate of drug-likeness (QED) is 0.224. The van der Waals surface area contributed by atoms with Gasteiger partial charge in [-0.1, -0.05) is 18.2 Å². The summed E-state index contributed by atoms with van der Waals surface area (Å²) in [6.07, 6.45) is 7.46. The minimum Gasteiger partial charge on any atom is -0.454 e. The number of carbonyl (C=O) groups is 1. The molecule has 3 heterocycles. The van der Waals surface area contributed by atoms with Gasteiger partial charge in [0.1, 0.15) is 23.0 Å². The lowest BCUT2D eigenvalue weighted by Crippen LogP contribution is -2.30. The van der Waals surface area contributed by atoms with Crippen LogP contribution >= 0.6 is 0 Å². The first kappa shape index (κ1) is 24.2. The van der Waals surface area contributed by atoms with E-state index in [1.807, 2.05) is 30.5 Å². The van der Waals surface area contributed by atoms with Crippen LogP contribution in [-0.2, 0) is 12.1 Å². The minimum atomic E-state index is -0.352. The minimum absolute atomic E-state index is 0.168. The number of fused-ring (bicyclic) bond motifs is 3. The van der Waals surface area contributed by atoms with Crippen LogP contribution in [0.1, 0.15) is 34.6 Å². The molecule has 0 unspecified atom stereocenters. The fraction of sp³-hybridized carbons (Fsp3) is 0.156. The SMILES string of the molecule is CNC(=O)c1c(-c2ccc(F)cc2)oc2c1cc(-c1cccc(CNC3(c4ncccn4)CC3)c1)c1[nH]ccc12. The maximum atomic E-state index is 13.7. The summed E-state index contributed by atoms with van der Waals surface area (Å²) in [5.74, 6) is 0.623. The number of nitrogens with one attached hydrogen (secondary N) is 3. The van der Waals surface area contributed by atoms with Crippen molar-refractivity contribution in [3.8, 4) is 22.5 Å². The molecule has 3 aromatic heterocycles. The molecule has 0 radical (unpaired) electrons. The van der Waals surface area contributed by atoms with E-state index in [9.17, 15) is 9.18 Å². The molecule has 0 bridgehead atoms. The molecule has 1 aliphatic carbocycles. The summed E-state index contributed by atoms with van der Waals surface area (Å²) < 4.78 is 20.0. The zero-order valence-corrected chi connectivity index (χ0v) is 21.8. The van der Waals surface area contributed by atoms with Gasteiger partial charge in [-0.05, 0) is 72.5 Å². The highest BCUT2D eigenvalue weighted by Gasteiger charge is 2.46. The van der Waals surface area contributed by atoms with Gasteiger partial charge in [-0.25, -0.2) is 14.4 Å². The van der Waals surface area contributed by atoms with Gasteiger partial charge in [0.05, 0.1) is 16.6 Å². The van der Waals surface area contributed by atoms with Crippen LogP contribution < -0.4 is 10.6 Å². The molecule has 198 valence electrons. The number of H-pyrrole nitrogens is 1. The van der Waals surface area contributed by atoms with Gasteiger partial charge in [-0.2, -0.15) is 0 Å². The van der Waals surface area contributed by atoms with Gasteiger partial charge < -0.3 is 20.0 Å². The zero-order valence-electron chi connectivity index (χ0n) is 21.8. The summed E-state index contributed by atoms with van der Waals surface area (Å²) in [5.41, 5.74) is 5.51. The smallest absolute Gasteiger partial charge is 0.255 e. The van der Waals surface area contributed by atoms with E-state index in [1.54, 1.807) is 31.6 Å². The molecule has 8 heteroatoms. The van der Waals surface area contributed by atoms with Gasteiger partial charge in [0, 0.05) is 54.1 Å². The Bertz CT molecular complexity index is 1870. The van der Waals surface area contributed by atoms with Crippen LogP contribution in [0.2, 0.25) is 0 Å². The van der Waals surface area contributed by atoms with E-state index in [0.717, 1.165) is 46.3 Å². The number of benzene rings is 3. The molecule has 1 aliphatic rings. The Morgan fingerprint density at radius 1 is 1.00 bits per heavy atom. The third-order valence-corrected chi connectivity index (χ3v) is 7.67. The molecule has 3 N–H and O–H groups in total. The van der Waals surface area contributed by atoms with Crippen molar-refractivity contribution in [1.29, 1.82) is 0 Å². The van der Waals surface area contributed by atoms with E-state index in [-0.39, 0.29) is 17.3 Å². The van der Waals surface area contributed by atoms with Gasteiger partial charge in [0.2, 0.25) is 0 Å². The molecule has 1 fully saturated rings. The van der Waals surface area contributed by atoms with Gasteiger partial charge in [-0.3, -0.25) is 4.79 Å². The van der Waals surface area contributed by atoms with E-state index in [4.69, 9.17) is 4.42 Å². The van der Waals surface area contributed by atoms with Crippen molar-refractivity contribution < 1.29 is 13.6 Å². The molecule has 1 amide bonds. The van der Waals surface area contributed by atoms with Gasteiger partial charge in [-0.15, -0.1) is 0 Å². The number of furan rings is 1. The van der Waals surface area contributed by atoms with Gasteiger partial charge in [0.25, 0.3) is 5.91 Å². The maximum absolute atomic E-state index is 13.7. The largest absolute Gasteiger partial charge is 0.454 e. The van der Waals surface area contributed by atoms with Crippen molar-refractivity contribution in [2.45, 2.75) is 24.9 Å². The van der Waals surface area contributed by atoms with Crippen LogP contribution in [0.15, 0.2) is 89.7 Å². The number of aromatic nitrogens is 3. The van der Waals surface area contributed by atoms with Crippen LogP contribution in [0.5, 0.6) is 0 Å². The highest BCUT2D eigenvalue weighted by Crippen LogP contribution is 2.44. The zero-order chi connectivity index (χ0) is 27.3. The van der Waals surface area contributed by atoms with E-state index in [2.05, 4.69) is 43.8 Å². The number of aromatic amines is 1. The third kappa shape index (κ3) is 4.04. The fourth-order valence-electron chi connectivity index (χ4n) is 5.43. The first-order chi connectivity index (χ1) is 19.6. The van der Waals surface area contributed by atoms with E-state index in [1.165, 1.54) is 12.1 Å². The van der Waals surface area contributed by atoms with Crippen LogP contribution in [0, 0.1) is 5.82 Å². The number of hydrogen-bond acceptors (Lipinski definition) is 5. The van der Waals surface area contributed by atoms with Gasteiger partial charge in [0.15, 0.2) is 0 Å². The molecule has 6 aromatic rings. The highest BCUT2D eigenvalue weighted by molar-refractivity contribution is 6.19. The number of halogens is 1. The van der Waals surface area contributed by atoms with Crippen molar-refractivity contribution >= 4 is 27.8 Å². The lowest BCUT2D eigenvalue weighted by atomic mass is 9.96. The molecule has 0 atom stereocenters. The Labute approximate surface area is 229 Å². The van der Waals surface area contributed by atoms with Gasteiger partial charge >= 0.3 is 0 Å². The Balaban J connectivity index is 1.32. The number of rotatable bonds is 7. The van der Waals surface area contributed by atoms with Crippen LogP contribution in [-0.4, -0.2) is 27.9 Å². The summed E-state index contributed by atoms with van der Waals surface area (Å²) in [7, 11) is 1.59. The topological polar surface area (TPSA) is 95.8 Å². The Morgan fingerprint density at radius 3 is 2.55 bits per heavy atom. The monoisotopic (exact) mass is 531 g/mol. The van der Waals surface area contributed by atoms with Crippen molar-refractivity contribution in [1.82, 2.24) is 25.6 Å². The standard InChI is InChI=1S/C32H26FN5O2/c1-34-30(39)26-25-17-24(27-23(10-15-35-27)29(25)40-28(26)20-6-8-22(33)9-7-20)21-5-2-4-19(16-21)18-38-32(11-12-32)31-36-13-3-14-37-31/h2-10,13-17,35,38H,11-12,18H2,1H3,(H,34,39). The second-order valence-electron chi connectivity index (χ2n) is 10.2. The van der Waals surface area contributed by atoms with Crippen LogP contribution in [0.25, 0.3) is 44.3 Å². The van der Waals surface area contributed by atoms with Crippen molar-refractivity contribution in [3.05, 3.63) is 108 Å². The predicted molar refractivity (Wildman–Crippen MR) is 152 cm³/mol. The molecule has 7 nitrogen and oxygen atoms in total. The first-order valence-corrected chi connectivity index (χ1v) is 13.2. The Morgan fingerprint density at radius 2 is 1.80 bits per heavy atom. The van der Waals surface area contributed by atoms with E-state index in [0.29, 0.717) is 34.4 Å². The van der Waals surface area contributed by atoms with Crippen molar-refractivity contribution in [2.24, 2.45) is 0 Å². The summed E-state index contributed by atoms with van der Waals surface area (Å²) in [6, 6.07) is 20.1. The summed E-state index contributed by atoms with van der Waals surface area (Å²) >= 11 is 0. The molecule has 1 saturated carbocycles. The molecule has 7 rings (SSSR count). The number of nitrogens with zero attached hydrogens (tertiary/aromatic N) is 2. The number of hydrogen-bond donors (Lipinski definition) is 3. The van der Waals surface area contributed by atoms with Crippen molar-refractivity contribution in [2.75, 3.05) is 7.05 Å². The number of amides is 1. The summed E-state index contributed by atoms with van der Waals surface area (Å²) in [6.45, 7) is 0.673. The predicted octanol–water partition coefficient (Wildman–Crippen LogP) is 6.32. The Kier molecular flexibility index (Phi) is 5.71. The molecular weight excluding hydrogens is 505 g/mol. The normalized spacial score (nSPS) is 14.1. The highest BCUT2D eigenvalue weighted by atomic mass is 19.1. The summed E-state index contributed by atoms with van der Waals surface area (Å²) in [5, 5.41) is 7.98.